The lowest BCUT2D eigenvalue weighted by atomic mass is 9.95. The van der Waals surface area contributed by atoms with Gasteiger partial charge in [-0.2, -0.15) is 0 Å². The van der Waals surface area contributed by atoms with Gasteiger partial charge in [0.05, 0.1) is 34.2 Å². The summed E-state index contributed by atoms with van der Waals surface area (Å²) in [6.45, 7) is 4.39. The Labute approximate surface area is 198 Å². The fourth-order valence-corrected chi connectivity index (χ4v) is 4.45. The van der Waals surface area contributed by atoms with Crippen molar-refractivity contribution >= 4 is 28.6 Å². The van der Waals surface area contributed by atoms with Crippen molar-refractivity contribution in [3.05, 3.63) is 75.5 Å². The maximum absolute atomic E-state index is 13.3. The number of anilines is 1. The lowest BCUT2D eigenvalue weighted by Crippen LogP contribution is -2.29. The molecule has 8 nitrogen and oxygen atoms in total. The summed E-state index contributed by atoms with van der Waals surface area (Å²) in [6, 6.07) is 13.5. The molecule has 2 heterocycles. The first-order valence-corrected chi connectivity index (χ1v) is 11.9. The molecule has 3 aromatic rings. The highest BCUT2D eigenvalue weighted by atomic mass is 16.6. The van der Waals surface area contributed by atoms with E-state index in [0.29, 0.717) is 23.8 Å². The molecule has 1 N–H and O–H groups in total. The summed E-state index contributed by atoms with van der Waals surface area (Å²) >= 11 is 0. The van der Waals surface area contributed by atoms with Crippen LogP contribution in [-0.4, -0.2) is 27.1 Å². The number of allylic oxidation sites excluding steroid dienone is 1. The Kier molecular flexibility index (Phi) is 7.25. The fourth-order valence-electron chi connectivity index (χ4n) is 4.45. The number of esters is 1. The lowest BCUT2D eigenvalue weighted by Gasteiger charge is -2.30. The molecule has 0 bridgehead atoms. The van der Waals surface area contributed by atoms with E-state index < -0.39 is 11.0 Å². The molecule has 1 aliphatic heterocycles. The molecule has 0 radical (unpaired) electrons. The summed E-state index contributed by atoms with van der Waals surface area (Å²) in [7, 11) is 0. The van der Waals surface area contributed by atoms with Crippen LogP contribution in [0.3, 0.4) is 0 Å². The zero-order valence-corrected chi connectivity index (χ0v) is 19.6. The Morgan fingerprint density at radius 2 is 1.79 bits per heavy atom. The molecule has 1 aromatic heterocycles. The number of ether oxygens (including phenoxy) is 1. The summed E-state index contributed by atoms with van der Waals surface area (Å²) in [4.78, 5) is 28.7. The van der Waals surface area contributed by atoms with Crippen LogP contribution in [0.2, 0.25) is 0 Å². The van der Waals surface area contributed by atoms with Crippen LogP contribution in [0, 0.1) is 10.1 Å². The minimum atomic E-state index is -0.512. The molecule has 178 valence electrons. The second kappa shape index (κ2) is 10.5. The summed E-state index contributed by atoms with van der Waals surface area (Å²) in [5.41, 5.74) is 3.56. The average Bonchev–Trinajstić information content (AvgIpc) is 3.20. The second-order valence-electron chi connectivity index (χ2n) is 8.61. The van der Waals surface area contributed by atoms with Crippen LogP contribution in [0.5, 0.6) is 0 Å². The molecular weight excluding hydrogens is 432 g/mol. The summed E-state index contributed by atoms with van der Waals surface area (Å²) < 4.78 is 7.66. The first-order chi connectivity index (χ1) is 16.5. The van der Waals surface area contributed by atoms with Crippen molar-refractivity contribution < 1.29 is 14.5 Å². The second-order valence-corrected chi connectivity index (χ2v) is 8.61. The third kappa shape index (κ3) is 4.81. The molecule has 1 atom stereocenters. The van der Waals surface area contributed by atoms with Crippen molar-refractivity contribution in [1.29, 1.82) is 0 Å². The molecule has 1 unspecified atom stereocenters. The zero-order valence-electron chi connectivity index (χ0n) is 19.6. The standard InChI is InChI=1S/C26H30N4O4/c1-3-4-5-6-7-10-17-34-25(31)23-18(2)27-26-28-21-11-8-9-12-22(21)29(26)24(23)19-13-15-20(16-14-19)30(32)33/h8-9,11-16,24H,3-7,10,17H2,1-2H3,(H,27,28). The Balaban J connectivity index is 1.64. The van der Waals surface area contributed by atoms with Gasteiger partial charge < -0.3 is 10.1 Å². The number of hydrogen-bond acceptors (Lipinski definition) is 6. The van der Waals surface area contributed by atoms with Crippen LogP contribution >= 0.6 is 0 Å². The molecule has 2 aromatic carbocycles. The number of nitro benzene ring substituents is 1. The third-order valence-electron chi connectivity index (χ3n) is 6.20. The van der Waals surface area contributed by atoms with Gasteiger partial charge in [-0.1, -0.05) is 51.2 Å². The van der Waals surface area contributed by atoms with Crippen molar-refractivity contribution in [2.45, 2.75) is 58.4 Å². The molecule has 0 amide bonds. The van der Waals surface area contributed by atoms with Crippen molar-refractivity contribution in [2.24, 2.45) is 0 Å². The third-order valence-corrected chi connectivity index (χ3v) is 6.20. The SMILES string of the molecule is CCCCCCCCOC(=O)C1=C(C)Nc2nc3ccccc3n2C1c1ccc([N+](=O)[O-])cc1. The fraction of sp³-hybridized carbons (Fsp3) is 0.385. The number of fused-ring (bicyclic) bond motifs is 3. The van der Waals surface area contributed by atoms with Crippen molar-refractivity contribution in [1.82, 2.24) is 9.55 Å². The molecule has 0 saturated carbocycles. The number of hydrogen-bond donors (Lipinski definition) is 1. The monoisotopic (exact) mass is 462 g/mol. The van der Waals surface area contributed by atoms with E-state index in [-0.39, 0.29) is 11.7 Å². The van der Waals surface area contributed by atoms with Gasteiger partial charge in [0.2, 0.25) is 5.95 Å². The highest BCUT2D eigenvalue weighted by Crippen LogP contribution is 2.39. The first kappa shape index (κ1) is 23.5. The van der Waals surface area contributed by atoms with Gasteiger partial charge in [0.25, 0.3) is 5.69 Å². The number of aromatic nitrogens is 2. The van der Waals surface area contributed by atoms with Gasteiger partial charge in [-0.05, 0) is 43.2 Å². The molecule has 4 rings (SSSR count). The minimum absolute atomic E-state index is 0.00120. The molecule has 0 saturated heterocycles. The predicted octanol–water partition coefficient (Wildman–Crippen LogP) is 6.14. The first-order valence-electron chi connectivity index (χ1n) is 11.9. The Morgan fingerprint density at radius 3 is 2.53 bits per heavy atom. The number of nitrogens with zero attached hydrogens (tertiary/aromatic N) is 3. The molecule has 34 heavy (non-hydrogen) atoms. The van der Waals surface area contributed by atoms with E-state index in [1.807, 2.05) is 35.8 Å². The number of carbonyl (C=O) groups excluding carboxylic acids is 1. The van der Waals surface area contributed by atoms with Crippen molar-refractivity contribution in [3.8, 4) is 0 Å². The lowest BCUT2D eigenvalue weighted by molar-refractivity contribution is -0.384. The molecule has 0 spiro atoms. The van der Waals surface area contributed by atoms with E-state index in [1.165, 1.54) is 31.4 Å². The van der Waals surface area contributed by atoms with Crippen molar-refractivity contribution in [3.63, 3.8) is 0 Å². The Bertz CT molecular complexity index is 1210. The molecule has 1 aliphatic rings. The molecule has 0 fully saturated rings. The van der Waals surface area contributed by atoms with Crippen LogP contribution in [0.1, 0.15) is 64.0 Å². The van der Waals surface area contributed by atoms with Crippen LogP contribution in [0.15, 0.2) is 59.8 Å². The van der Waals surface area contributed by atoms with Crippen LogP contribution in [-0.2, 0) is 9.53 Å². The van der Waals surface area contributed by atoms with Gasteiger partial charge in [-0.15, -0.1) is 0 Å². The number of rotatable bonds is 10. The number of non-ortho nitro benzene ring substituents is 1. The van der Waals surface area contributed by atoms with Crippen molar-refractivity contribution in [2.75, 3.05) is 11.9 Å². The highest BCUT2D eigenvalue weighted by Gasteiger charge is 2.35. The van der Waals surface area contributed by atoms with E-state index >= 15 is 0 Å². The normalized spacial score (nSPS) is 15.2. The summed E-state index contributed by atoms with van der Waals surface area (Å²) in [5.74, 6) is 0.236. The maximum Gasteiger partial charge on any atom is 0.338 e. The smallest absolute Gasteiger partial charge is 0.338 e. The largest absolute Gasteiger partial charge is 0.462 e. The van der Waals surface area contributed by atoms with Gasteiger partial charge in [-0.25, -0.2) is 9.78 Å². The van der Waals surface area contributed by atoms with Gasteiger partial charge in [0.15, 0.2) is 0 Å². The number of carbonyl (C=O) groups is 1. The topological polar surface area (TPSA) is 99.3 Å². The number of imidazole rings is 1. The van der Waals surface area contributed by atoms with Gasteiger partial charge in [0.1, 0.15) is 0 Å². The minimum Gasteiger partial charge on any atom is -0.462 e. The van der Waals surface area contributed by atoms with Gasteiger partial charge in [-0.3, -0.25) is 14.7 Å². The van der Waals surface area contributed by atoms with Gasteiger partial charge >= 0.3 is 5.97 Å². The average molecular weight is 463 g/mol. The Hall–Kier alpha value is -3.68. The van der Waals surface area contributed by atoms with Crippen LogP contribution < -0.4 is 5.32 Å². The van der Waals surface area contributed by atoms with Gasteiger partial charge in [0, 0.05) is 17.8 Å². The van der Waals surface area contributed by atoms with E-state index in [4.69, 9.17) is 4.74 Å². The zero-order chi connectivity index (χ0) is 24.1. The molecular formula is C26H30N4O4. The summed E-state index contributed by atoms with van der Waals surface area (Å²) in [5, 5.41) is 14.4. The van der Waals surface area contributed by atoms with Crippen LogP contribution in [0.25, 0.3) is 11.0 Å². The van der Waals surface area contributed by atoms with E-state index in [1.54, 1.807) is 12.1 Å². The van der Waals surface area contributed by atoms with E-state index in [2.05, 4.69) is 17.2 Å². The maximum atomic E-state index is 13.3. The number of unbranched alkanes of at least 4 members (excludes halogenated alkanes) is 5. The molecule has 8 heteroatoms. The Morgan fingerprint density at radius 1 is 1.09 bits per heavy atom. The van der Waals surface area contributed by atoms with Crippen LogP contribution in [0.4, 0.5) is 11.6 Å². The predicted molar refractivity (Wildman–Crippen MR) is 132 cm³/mol. The highest BCUT2D eigenvalue weighted by molar-refractivity contribution is 5.94. The number of benzene rings is 2. The summed E-state index contributed by atoms with van der Waals surface area (Å²) in [6.07, 6.45) is 6.64. The number of nitrogens with one attached hydrogen (secondary N) is 1. The number of para-hydroxylation sites is 2. The number of nitro groups is 1. The molecule has 0 aliphatic carbocycles. The quantitative estimate of drug-likeness (QED) is 0.168. The van der Waals surface area contributed by atoms with E-state index in [0.717, 1.165) is 35.9 Å². The van der Waals surface area contributed by atoms with E-state index in [9.17, 15) is 14.9 Å².